The summed E-state index contributed by atoms with van der Waals surface area (Å²) in [6.45, 7) is 5.51. The summed E-state index contributed by atoms with van der Waals surface area (Å²) in [7, 11) is 3.15. The summed E-state index contributed by atoms with van der Waals surface area (Å²) in [5.74, 6) is 2.21. The van der Waals surface area contributed by atoms with Gasteiger partial charge in [0.2, 0.25) is 11.9 Å². The van der Waals surface area contributed by atoms with Gasteiger partial charge in [0.1, 0.15) is 5.82 Å². The van der Waals surface area contributed by atoms with E-state index in [1.807, 2.05) is 0 Å². The molecule has 152 valence electrons. The Hall–Kier alpha value is -2.74. The van der Waals surface area contributed by atoms with Crippen LogP contribution in [0.5, 0.6) is 11.5 Å². The predicted octanol–water partition coefficient (Wildman–Crippen LogP) is 2.17. The molecule has 0 bridgehead atoms. The molecular formula is C19H26ClN5O3. The minimum atomic E-state index is 0. The fourth-order valence-electron chi connectivity index (χ4n) is 3.27. The Bertz CT molecular complexity index is 853. The number of amides is 1. The molecule has 1 aromatic carbocycles. The molecule has 1 aliphatic rings. The summed E-state index contributed by atoms with van der Waals surface area (Å²) in [5.41, 5.74) is 6.86. The van der Waals surface area contributed by atoms with E-state index in [1.54, 1.807) is 32.4 Å². The maximum absolute atomic E-state index is 12.1. The summed E-state index contributed by atoms with van der Waals surface area (Å²) < 4.78 is 10.7. The molecule has 1 aromatic heterocycles. The van der Waals surface area contributed by atoms with Crippen molar-refractivity contribution in [1.29, 1.82) is 0 Å². The van der Waals surface area contributed by atoms with Gasteiger partial charge in [-0.05, 0) is 18.9 Å². The van der Waals surface area contributed by atoms with Crippen LogP contribution in [0, 0.1) is 5.92 Å². The van der Waals surface area contributed by atoms with Gasteiger partial charge in [-0.1, -0.05) is 6.08 Å². The fraction of sp³-hybridized carbons (Fsp3) is 0.421. The second kappa shape index (κ2) is 9.45. The highest BCUT2D eigenvalue weighted by molar-refractivity contribution is 5.91. The predicted molar refractivity (Wildman–Crippen MR) is 112 cm³/mol. The zero-order valence-corrected chi connectivity index (χ0v) is 16.9. The number of nitrogens with zero attached hydrogens (tertiary/aromatic N) is 3. The number of hydrogen-bond acceptors (Lipinski definition) is 7. The van der Waals surface area contributed by atoms with Crippen molar-refractivity contribution in [3.8, 4) is 11.5 Å². The Morgan fingerprint density at radius 1 is 1.29 bits per heavy atom. The summed E-state index contributed by atoms with van der Waals surface area (Å²) in [4.78, 5) is 23.3. The van der Waals surface area contributed by atoms with Crippen LogP contribution in [0.3, 0.4) is 0 Å². The van der Waals surface area contributed by atoms with Crippen LogP contribution in [0.4, 0.5) is 11.8 Å². The number of ether oxygens (including phenoxy) is 2. The van der Waals surface area contributed by atoms with Gasteiger partial charge >= 0.3 is 0 Å². The molecule has 1 amide bonds. The third-order valence-corrected chi connectivity index (χ3v) is 4.79. The van der Waals surface area contributed by atoms with Crippen molar-refractivity contribution in [2.24, 2.45) is 5.92 Å². The van der Waals surface area contributed by atoms with Crippen LogP contribution in [0.2, 0.25) is 0 Å². The number of benzene rings is 1. The zero-order chi connectivity index (χ0) is 19.4. The van der Waals surface area contributed by atoms with Gasteiger partial charge in [0.25, 0.3) is 0 Å². The second-order valence-electron chi connectivity index (χ2n) is 6.43. The van der Waals surface area contributed by atoms with Crippen LogP contribution in [0.15, 0.2) is 24.8 Å². The topological polar surface area (TPSA) is 103 Å². The number of carbonyl (C=O) groups excluding carboxylic acids is 1. The molecule has 1 saturated heterocycles. The minimum Gasteiger partial charge on any atom is -0.493 e. The average molecular weight is 408 g/mol. The molecule has 9 heteroatoms. The molecule has 0 atom stereocenters. The quantitative estimate of drug-likeness (QED) is 0.707. The summed E-state index contributed by atoms with van der Waals surface area (Å²) >= 11 is 0. The highest BCUT2D eigenvalue weighted by Crippen LogP contribution is 2.34. The molecule has 0 unspecified atom stereocenters. The lowest BCUT2D eigenvalue weighted by atomic mass is 9.96. The number of rotatable bonds is 6. The molecular weight excluding hydrogens is 382 g/mol. The van der Waals surface area contributed by atoms with Gasteiger partial charge in [-0.25, -0.2) is 4.98 Å². The maximum atomic E-state index is 12.1. The van der Waals surface area contributed by atoms with Crippen molar-refractivity contribution in [2.75, 3.05) is 44.5 Å². The number of fused-ring (bicyclic) bond motifs is 1. The summed E-state index contributed by atoms with van der Waals surface area (Å²) in [6.07, 6.45) is 3.18. The van der Waals surface area contributed by atoms with Crippen LogP contribution >= 0.6 is 12.4 Å². The second-order valence-corrected chi connectivity index (χ2v) is 6.43. The Kier molecular flexibility index (Phi) is 7.28. The highest BCUT2D eigenvalue weighted by Gasteiger charge is 2.26. The summed E-state index contributed by atoms with van der Waals surface area (Å²) in [5, 5.41) is 3.58. The fourth-order valence-corrected chi connectivity index (χ4v) is 3.27. The van der Waals surface area contributed by atoms with E-state index < -0.39 is 0 Å². The Morgan fingerprint density at radius 3 is 2.54 bits per heavy atom. The van der Waals surface area contributed by atoms with Gasteiger partial charge in [-0.3, -0.25) is 4.79 Å². The molecule has 8 nitrogen and oxygen atoms in total. The molecule has 28 heavy (non-hydrogen) atoms. The smallest absolute Gasteiger partial charge is 0.227 e. The number of nitrogens with one attached hydrogen (secondary N) is 1. The number of anilines is 2. The first-order chi connectivity index (χ1) is 13.1. The van der Waals surface area contributed by atoms with Crippen molar-refractivity contribution in [2.45, 2.75) is 12.8 Å². The molecule has 0 radical (unpaired) electrons. The number of methoxy groups -OCH3 is 2. The Balaban J connectivity index is 0.00000280. The number of halogens is 1. The van der Waals surface area contributed by atoms with Crippen molar-refractivity contribution < 1.29 is 14.3 Å². The van der Waals surface area contributed by atoms with Gasteiger partial charge < -0.3 is 25.4 Å². The third kappa shape index (κ3) is 4.39. The van der Waals surface area contributed by atoms with Crippen molar-refractivity contribution in [1.82, 2.24) is 15.3 Å². The van der Waals surface area contributed by atoms with Gasteiger partial charge in [0, 0.05) is 37.0 Å². The van der Waals surface area contributed by atoms with E-state index in [0.29, 0.717) is 48.4 Å². The monoisotopic (exact) mass is 407 g/mol. The number of nitrogen functional groups attached to an aromatic ring is 1. The molecule has 1 aliphatic heterocycles. The molecule has 0 saturated carbocycles. The maximum Gasteiger partial charge on any atom is 0.227 e. The van der Waals surface area contributed by atoms with Gasteiger partial charge in [0.15, 0.2) is 11.5 Å². The standard InChI is InChI=1S/C19H25N5O3.ClH/c1-4-7-21-18(25)12-5-8-24(9-6-12)19-22-14-11-16(27-3)15(26-2)10-13(14)17(20)23-19;/h4,10-12H,1,5-9H2,2-3H3,(H,21,25)(H2,20,22,23);1H. The minimum absolute atomic E-state index is 0. The molecule has 0 aliphatic carbocycles. The Labute approximate surface area is 170 Å². The molecule has 1 fully saturated rings. The van der Waals surface area contributed by atoms with Crippen LogP contribution < -0.4 is 25.4 Å². The molecule has 2 heterocycles. The first-order valence-electron chi connectivity index (χ1n) is 8.90. The molecule has 2 aromatic rings. The van der Waals surface area contributed by atoms with Gasteiger partial charge in [-0.2, -0.15) is 4.98 Å². The Morgan fingerprint density at radius 2 is 1.93 bits per heavy atom. The number of piperidine rings is 1. The van der Waals surface area contributed by atoms with E-state index in [9.17, 15) is 4.79 Å². The van der Waals surface area contributed by atoms with Crippen molar-refractivity contribution >= 4 is 41.0 Å². The van der Waals surface area contributed by atoms with E-state index in [-0.39, 0.29) is 24.2 Å². The lowest BCUT2D eigenvalue weighted by Crippen LogP contribution is -2.41. The first kappa shape index (κ1) is 21.6. The average Bonchev–Trinajstić information content (AvgIpc) is 2.71. The van der Waals surface area contributed by atoms with Crippen LogP contribution in [0.1, 0.15) is 12.8 Å². The van der Waals surface area contributed by atoms with E-state index in [0.717, 1.165) is 18.2 Å². The number of carbonyl (C=O) groups is 1. The normalized spacial score (nSPS) is 14.3. The number of nitrogens with two attached hydrogens (primary N) is 1. The van der Waals surface area contributed by atoms with Crippen molar-refractivity contribution in [3.63, 3.8) is 0 Å². The van der Waals surface area contributed by atoms with Gasteiger partial charge in [-0.15, -0.1) is 19.0 Å². The number of hydrogen-bond donors (Lipinski definition) is 2. The van der Waals surface area contributed by atoms with Gasteiger partial charge in [0.05, 0.1) is 19.7 Å². The third-order valence-electron chi connectivity index (χ3n) is 4.79. The van der Waals surface area contributed by atoms with E-state index >= 15 is 0 Å². The highest BCUT2D eigenvalue weighted by atomic mass is 35.5. The van der Waals surface area contributed by atoms with Crippen LogP contribution in [-0.2, 0) is 4.79 Å². The lowest BCUT2D eigenvalue weighted by Gasteiger charge is -2.31. The van der Waals surface area contributed by atoms with Crippen molar-refractivity contribution in [3.05, 3.63) is 24.8 Å². The van der Waals surface area contributed by atoms with E-state index in [1.165, 1.54) is 0 Å². The molecule has 0 spiro atoms. The number of aromatic nitrogens is 2. The van der Waals surface area contributed by atoms with E-state index in [4.69, 9.17) is 15.2 Å². The SMILES string of the molecule is C=CCNC(=O)C1CCN(c2nc(N)c3cc(OC)c(OC)cc3n2)CC1.Cl. The van der Waals surface area contributed by atoms with E-state index in [2.05, 4.69) is 26.8 Å². The summed E-state index contributed by atoms with van der Waals surface area (Å²) in [6, 6.07) is 3.58. The molecule has 3 N–H and O–H groups in total. The lowest BCUT2D eigenvalue weighted by molar-refractivity contribution is -0.125. The largest absolute Gasteiger partial charge is 0.493 e. The van der Waals surface area contributed by atoms with Crippen LogP contribution in [-0.4, -0.2) is 49.7 Å². The zero-order valence-electron chi connectivity index (χ0n) is 16.1. The first-order valence-corrected chi connectivity index (χ1v) is 8.90. The molecule has 3 rings (SSSR count). The van der Waals surface area contributed by atoms with Crippen LogP contribution in [0.25, 0.3) is 10.9 Å².